The number of aliphatic hydroxyl groups excluding tert-OH is 1. The highest BCUT2D eigenvalue weighted by molar-refractivity contribution is 8.18. The number of aliphatic imine (C=N–C) groups is 1. The number of amides is 1. The van der Waals surface area contributed by atoms with E-state index in [2.05, 4.69) is 4.99 Å². The molecule has 8 heteroatoms. The quantitative estimate of drug-likeness (QED) is 0.343. The van der Waals surface area contributed by atoms with Gasteiger partial charge in [-0.1, -0.05) is 65.9 Å². The maximum Gasteiger partial charge on any atom is 0.344 e. The second-order valence-electron chi connectivity index (χ2n) is 8.33. The Kier molecular flexibility index (Phi) is 8.66. The Bertz CT molecular complexity index is 1420. The van der Waals surface area contributed by atoms with Crippen LogP contribution >= 0.6 is 11.8 Å². The molecule has 38 heavy (non-hydrogen) atoms. The van der Waals surface area contributed by atoms with Crippen LogP contribution in [-0.2, 0) is 16.1 Å². The van der Waals surface area contributed by atoms with Crippen LogP contribution in [0.2, 0.25) is 0 Å². The van der Waals surface area contributed by atoms with E-state index in [9.17, 15) is 14.7 Å². The van der Waals surface area contributed by atoms with Gasteiger partial charge in [0.2, 0.25) is 0 Å². The SMILES string of the molecule is CCOC(=O)C1=C(O)/C(=C/c2ccc(OCc3ccccc3)c(OC)c2)SC1=NC(=O)c1ccc(C)cc1. The number of nitrogens with zero attached hydrogens (tertiary/aromatic N) is 1. The molecule has 3 aromatic rings. The molecule has 1 aliphatic heterocycles. The van der Waals surface area contributed by atoms with Gasteiger partial charge in [-0.2, -0.15) is 0 Å². The molecule has 0 saturated carbocycles. The molecule has 0 bridgehead atoms. The van der Waals surface area contributed by atoms with E-state index in [-0.39, 0.29) is 23.0 Å². The Labute approximate surface area is 225 Å². The van der Waals surface area contributed by atoms with E-state index in [4.69, 9.17) is 14.2 Å². The minimum absolute atomic E-state index is 0.0764. The number of hydrogen-bond acceptors (Lipinski definition) is 7. The van der Waals surface area contributed by atoms with Crippen molar-refractivity contribution < 1.29 is 28.9 Å². The highest BCUT2D eigenvalue weighted by atomic mass is 32.2. The van der Waals surface area contributed by atoms with E-state index in [1.54, 1.807) is 62.6 Å². The Morgan fingerprint density at radius 2 is 1.74 bits per heavy atom. The average Bonchev–Trinajstić information content (AvgIpc) is 3.22. The van der Waals surface area contributed by atoms with Crippen molar-refractivity contribution in [3.8, 4) is 11.5 Å². The molecule has 0 unspecified atom stereocenters. The molecule has 0 fully saturated rings. The van der Waals surface area contributed by atoms with Gasteiger partial charge in [0.15, 0.2) is 11.5 Å². The monoisotopic (exact) mass is 529 g/mol. The second-order valence-corrected chi connectivity index (χ2v) is 9.36. The van der Waals surface area contributed by atoms with Gasteiger partial charge >= 0.3 is 5.97 Å². The molecule has 0 aromatic heterocycles. The zero-order valence-electron chi connectivity index (χ0n) is 21.3. The number of methoxy groups -OCH3 is 1. The normalized spacial score (nSPS) is 15.1. The average molecular weight is 530 g/mol. The fourth-order valence-electron chi connectivity index (χ4n) is 3.62. The predicted octanol–water partition coefficient (Wildman–Crippen LogP) is 6.28. The van der Waals surface area contributed by atoms with Crippen LogP contribution in [0.4, 0.5) is 0 Å². The summed E-state index contributed by atoms with van der Waals surface area (Å²) in [5.41, 5.74) is 2.96. The molecular weight excluding hydrogens is 502 g/mol. The summed E-state index contributed by atoms with van der Waals surface area (Å²) in [5, 5.41) is 11.0. The van der Waals surface area contributed by atoms with Crippen molar-refractivity contribution in [1.29, 1.82) is 0 Å². The van der Waals surface area contributed by atoms with E-state index in [0.29, 0.717) is 34.1 Å². The van der Waals surface area contributed by atoms with E-state index >= 15 is 0 Å². The van der Waals surface area contributed by atoms with E-state index in [0.717, 1.165) is 22.9 Å². The summed E-state index contributed by atoms with van der Waals surface area (Å²) in [6, 6.07) is 22.1. The van der Waals surface area contributed by atoms with Gasteiger partial charge in [0, 0.05) is 5.56 Å². The fourth-order valence-corrected chi connectivity index (χ4v) is 4.64. The van der Waals surface area contributed by atoms with Crippen molar-refractivity contribution >= 4 is 34.8 Å². The number of rotatable bonds is 8. The lowest BCUT2D eigenvalue weighted by molar-refractivity contribution is -0.138. The first kappa shape index (κ1) is 26.8. The number of benzene rings is 3. The first-order chi connectivity index (χ1) is 18.4. The van der Waals surface area contributed by atoms with Crippen molar-refractivity contribution in [2.45, 2.75) is 20.5 Å². The number of carbonyl (C=O) groups is 2. The first-order valence-electron chi connectivity index (χ1n) is 11.9. The number of esters is 1. The zero-order chi connectivity index (χ0) is 27.1. The molecule has 1 heterocycles. The van der Waals surface area contributed by atoms with E-state index in [1.165, 1.54) is 0 Å². The Hall–Kier alpha value is -4.30. The summed E-state index contributed by atoms with van der Waals surface area (Å²) >= 11 is 1.02. The third-order valence-electron chi connectivity index (χ3n) is 5.59. The number of carbonyl (C=O) groups excluding carboxylic acids is 2. The van der Waals surface area contributed by atoms with Gasteiger partial charge in [0.1, 0.15) is 23.0 Å². The van der Waals surface area contributed by atoms with Crippen LogP contribution in [0.15, 0.2) is 94.0 Å². The van der Waals surface area contributed by atoms with Crippen molar-refractivity contribution in [3.05, 3.63) is 111 Å². The summed E-state index contributed by atoms with van der Waals surface area (Å²) in [5.74, 6) is -0.498. The Balaban J connectivity index is 1.62. The third-order valence-corrected chi connectivity index (χ3v) is 6.61. The minimum atomic E-state index is -0.751. The van der Waals surface area contributed by atoms with Gasteiger partial charge < -0.3 is 19.3 Å². The van der Waals surface area contributed by atoms with Gasteiger partial charge in [-0.15, -0.1) is 0 Å². The summed E-state index contributed by atoms with van der Waals surface area (Å²) in [6.07, 6.45) is 1.68. The van der Waals surface area contributed by atoms with Crippen molar-refractivity contribution in [1.82, 2.24) is 0 Å². The Morgan fingerprint density at radius 3 is 2.42 bits per heavy atom. The summed E-state index contributed by atoms with van der Waals surface area (Å²) < 4.78 is 16.5. The summed E-state index contributed by atoms with van der Waals surface area (Å²) in [4.78, 5) is 29.9. The van der Waals surface area contributed by atoms with Gasteiger partial charge in [-0.25, -0.2) is 9.79 Å². The van der Waals surface area contributed by atoms with Gasteiger partial charge in [0.25, 0.3) is 5.91 Å². The topological polar surface area (TPSA) is 94.4 Å². The number of thioether (sulfide) groups is 1. The van der Waals surface area contributed by atoms with Gasteiger partial charge in [0.05, 0.1) is 18.6 Å². The lowest BCUT2D eigenvalue weighted by Gasteiger charge is -2.11. The highest BCUT2D eigenvalue weighted by Crippen LogP contribution is 2.40. The van der Waals surface area contributed by atoms with Crippen molar-refractivity contribution in [2.75, 3.05) is 13.7 Å². The molecule has 7 nitrogen and oxygen atoms in total. The predicted molar refractivity (Wildman–Crippen MR) is 149 cm³/mol. The van der Waals surface area contributed by atoms with Crippen molar-refractivity contribution in [3.63, 3.8) is 0 Å². The molecule has 0 radical (unpaired) electrons. The molecular formula is C30H27NO6S. The molecule has 0 aliphatic carbocycles. The molecule has 0 spiro atoms. The van der Waals surface area contributed by atoms with Crippen LogP contribution in [0.25, 0.3) is 6.08 Å². The molecule has 1 N–H and O–H groups in total. The van der Waals surface area contributed by atoms with Gasteiger partial charge in [-0.3, -0.25) is 4.79 Å². The minimum Gasteiger partial charge on any atom is -0.506 e. The zero-order valence-corrected chi connectivity index (χ0v) is 22.1. The van der Waals surface area contributed by atoms with Crippen LogP contribution in [-0.4, -0.2) is 35.7 Å². The summed E-state index contributed by atoms with van der Waals surface area (Å²) in [6.45, 7) is 4.08. The highest BCUT2D eigenvalue weighted by Gasteiger charge is 2.34. The lowest BCUT2D eigenvalue weighted by Crippen LogP contribution is -2.14. The van der Waals surface area contributed by atoms with Crippen LogP contribution in [0.5, 0.6) is 11.5 Å². The molecule has 1 aliphatic rings. The molecule has 4 rings (SSSR count). The molecule has 0 atom stereocenters. The van der Waals surface area contributed by atoms with Gasteiger partial charge in [-0.05, 0) is 55.3 Å². The standard InChI is InChI=1S/C30H27NO6S/c1-4-36-30(34)26-27(32)25(38-29(26)31-28(33)22-13-10-19(2)11-14-22)17-21-12-15-23(24(16-21)35-3)37-18-20-8-6-5-7-9-20/h5-17,32H,4,18H2,1-3H3/b25-17-,31-29?. The van der Waals surface area contributed by atoms with Crippen molar-refractivity contribution in [2.24, 2.45) is 4.99 Å². The second kappa shape index (κ2) is 12.3. The van der Waals surface area contributed by atoms with Crippen LogP contribution in [0.3, 0.4) is 0 Å². The number of ether oxygens (including phenoxy) is 3. The molecule has 1 amide bonds. The number of aryl methyl sites for hydroxylation is 1. The third kappa shape index (κ3) is 6.33. The first-order valence-corrected chi connectivity index (χ1v) is 12.8. The molecule has 3 aromatic carbocycles. The summed E-state index contributed by atoms with van der Waals surface area (Å²) in [7, 11) is 1.55. The van der Waals surface area contributed by atoms with E-state index < -0.39 is 11.9 Å². The molecule has 0 saturated heterocycles. The smallest absolute Gasteiger partial charge is 0.344 e. The fraction of sp³-hybridized carbons (Fsp3) is 0.167. The largest absolute Gasteiger partial charge is 0.506 e. The molecule has 194 valence electrons. The van der Waals surface area contributed by atoms with Crippen LogP contribution < -0.4 is 9.47 Å². The number of hydrogen-bond donors (Lipinski definition) is 1. The lowest BCUT2D eigenvalue weighted by atomic mass is 10.1. The maximum absolute atomic E-state index is 12.8. The maximum atomic E-state index is 12.8. The Morgan fingerprint density at radius 1 is 1.00 bits per heavy atom. The van der Waals surface area contributed by atoms with Crippen LogP contribution in [0, 0.1) is 6.92 Å². The van der Waals surface area contributed by atoms with E-state index in [1.807, 2.05) is 37.3 Å². The van der Waals surface area contributed by atoms with Crippen LogP contribution in [0.1, 0.15) is 34.0 Å². The number of aliphatic hydroxyl groups is 1.